The summed E-state index contributed by atoms with van der Waals surface area (Å²) >= 11 is 0. The second-order valence-corrected chi connectivity index (χ2v) is 5.02. The molecule has 1 unspecified atom stereocenters. The molecule has 1 atom stereocenters. The lowest BCUT2D eigenvalue weighted by atomic mass is 9.99. The molecule has 0 bridgehead atoms. The number of hydrogen-bond acceptors (Lipinski definition) is 2. The smallest absolute Gasteiger partial charge is 0.103 e. The predicted octanol–water partition coefficient (Wildman–Crippen LogP) is 3.43. The predicted molar refractivity (Wildman–Crippen MR) is 70.5 cm³/mol. The molecular weight excluding hydrogens is 224 g/mol. The summed E-state index contributed by atoms with van der Waals surface area (Å²) in [4.78, 5) is 0. The highest BCUT2D eigenvalue weighted by molar-refractivity contribution is 5.36. The highest BCUT2D eigenvalue weighted by Gasteiger charge is 2.14. The van der Waals surface area contributed by atoms with Crippen molar-refractivity contribution in [2.75, 3.05) is 0 Å². The van der Waals surface area contributed by atoms with Crippen LogP contribution < -0.4 is 0 Å². The zero-order valence-electron chi connectivity index (χ0n) is 10.4. The molecule has 0 fully saturated rings. The van der Waals surface area contributed by atoms with E-state index < -0.39 is 0 Å². The van der Waals surface area contributed by atoms with Crippen LogP contribution in [0.25, 0.3) is 0 Å². The maximum atomic E-state index is 10.2. The summed E-state index contributed by atoms with van der Waals surface area (Å²) in [5, 5.41) is 10.2. The van der Waals surface area contributed by atoms with Crippen LogP contribution in [0, 0.1) is 0 Å². The number of fused-ring (bicyclic) bond motifs is 1. The molecule has 0 spiro atoms. The number of aryl methyl sites for hydroxylation is 3. The van der Waals surface area contributed by atoms with E-state index in [1.807, 2.05) is 12.1 Å². The third-order valence-electron chi connectivity index (χ3n) is 3.75. The van der Waals surface area contributed by atoms with Gasteiger partial charge in [-0.2, -0.15) is 0 Å². The Balaban J connectivity index is 1.67. The van der Waals surface area contributed by atoms with Crippen molar-refractivity contribution in [2.45, 2.75) is 38.2 Å². The Hall–Kier alpha value is -1.54. The van der Waals surface area contributed by atoms with E-state index in [-0.39, 0.29) is 6.10 Å². The van der Waals surface area contributed by atoms with E-state index in [0.717, 1.165) is 24.2 Å². The topological polar surface area (TPSA) is 33.4 Å². The summed E-state index contributed by atoms with van der Waals surface area (Å²) in [5.41, 5.74) is 3.92. The molecule has 0 aliphatic heterocycles. The van der Waals surface area contributed by atoms with E-state index >= 15 is 0 Å². The molecular formula is C16H18O2. The second kappa shape index (κ2) is 4.99. The SMILES string of the molecule is OC(CCc1ccco1)c1ccc2c(c1)CCC2. The maximum Gasteiger partial charge on any atom is 0.103 e. The van der Waals surface area contributed by atoms with E-state index in [2.05, 4.69) is 18.2 Å². The van der Waals surface area contributed by atoms with E-state index in [4.69, 9.17) is 4.42 Å². The van der Waals surface area contributed by atoms with E-state index in [1.54, 1.807) is 6.26 Å². The lowest BCUT2D eigenvalue weighted by Gasteiger charge is -2.11. The van der Waals surface area contributed by atoms with E-state index in [0.29, 0.717) is 6.42 Å². The minimum absolute atomic E-state index is 0.388. The van der Waals surface area contributed by atoms with Crippen molar-refractivity contribution in [3.8, 4) is 0 Å². The van der Waals surface area contributed by atoms with E-state index in [1.165, 1.54) is 24.0 Å². The third kappa shape index (κ3) is 2.34. The number of aliphatic hydroxyl groups excluding tert-OH is 1. The summed E-state index contributed by atoms with van der Waals surface area (Å²) in [6.45, 7) is 0. The highest BCUT2D eigenvalue weighted by Crippen LogP contribution is 2.27. The Bertz CT molecular complexity index is 514. The van der Waals surface area contributed by atoms with Crippen LogP contribution in [0.4, 0.5) is 0 Å². The van der Waals surface area contributed by atoms with Crippen molar-refractivity contribution in [1.29, 1.82) is 0 Å². The summed E-state index contributed by atoms with van der Waals surface area (Å²) in [7, 11) is 0. The summed E-state index contributed by atoms with van der Waals surface area (Å²) in [6, 6.07) is 10.3. The van der Waals surface area contributed by atoms with Gasteiger partial charge in [0, 0.05) is 6.42 Å². The number of rotatable bonds is 4. The normalized spacial score (nSPS) is 15.6. The number of hydrogen-bond donors (Lipinski definition) is 1. The molecule has 0 saturated heterocycles. The molecule has 2 aromatic rings. The van der Waals surface area contributed by atoms with Crippen molar-refractivity contribution >= 4 is 0 Å². The number of aliphatic hydroxyl groups is 1. The van der Waals surface area contributed by atoms with Crippen LogP contribution in [0.3, 0.4) is 0 Å². The largest absolute Gasteiger partial charge is 0.469 e. The van der Waals surface area contributed by atoms with Gasteiger partial charge in [-0.25, -0.2) is 0 Å². The highest BCUT2D eigenvalue weighted by atomic mass is 16.3. The first-order valence-corrected chi connectivity index (χ1v) is 6.65. The van der Waals surface area contributed by atoms with Crippen molar-refractivity contribution in [3.05, 3.63) is 59.0 Å². The molecule has 2 heteroatoms. The van der Waals surface area contributed by atoms with Crippen LogP contribution >= 0.6 is 0 Å². The molecule has 1 heterocycles. The number of benzene rings is 1. The molecule has 1 aromatic carbocycles. The average Bonchev–Trinajstić information content (AvgIpc) is 3.05. The van der Waals surface area contributed by atoms with Gasteiger partial charge in [0.25, 0.3) is 0 Å². The zero-order chi connectivity index (χ0) is 12.4. The van der Waals surface area contributed by atoms with Crippen molar-refractivity contribution in [1.82, 2.24) is 0 Å². The zero-order valence-corrected chi connectivity index (χ0v) is 10.4. The Kier molecular flexibility index (Phi) is 3.20. The maximum absolute atomic E-state index is 10.2. The fourth-order valence-electron chi connectivity index (χ4n) is 2.70. The molecule has 1 aromatic heterocycles. The van der Waals surface area contributed by atoms with Gasteiger partial charge in [0.2, 0.25) is 0 Å². The molecule has 1 aliphatic rings. The molecule has 2 nitrogen and oxygen atoms in total. The Labute approximate surface area is 107 Å². The minimum Gasteiger partial charge on any atom is -0.469 e. The molecule has 3 rings (SSSR count). The van der Waals surface area contributed by atoms with Gasteiger partial charge in [-0.1, -0.05) is 18.2 Å². The number of furan rings is 1. The fourth-order valence-corrected chi connectivity index (χ4v) is 2.70. The molecule has 0 radical (unpaired) electrons. The fraction of sp³-hybridized carbons (Fsp3) is 0.375. The monoisotopic (exact) mass is 242 g/mol. The van der Waals surface area contributed by atoms with Crippen LogP contribution in [-0.4, -0.2) is 5.11 Å². The van der Waals surface area contributed by atoms with Crippen molar-refractivity contribution in [2.24, 2.45) is 0 Å². The standard InChI is InChI=1S/C16H18O2/c17-16(9-8-15-5-2-10-18-15)14-7-6-12-3-1-4-13(12)11-14/h2,5-7,10-11,16-17H,1,3-4,8-9H2. The quantitative estimate of drug-likeness (QED) is 0.891. The third-order valence-corrected chi connectivity index (χ3v) is 3.75. The molecule has 1 aliphatic carbocycles. The van der Waals surface area contributed by atoms with E-state index in [9.17, 15) is 5.11 Å². The van der Waals surface area contributed by atoms with Crippen molar-refractivity contribution in [3.63, 3.8) is 0 Å². The summed E-state index contributed by atoms with van der Waals surface area (Å²) < 4.78 is 5.28. The Morgan fingerprint density at radius 2 is 2.06 bits per heavy atom. The van der Waals surface area contributed by atoms with Crippen LogP contribution in [0.5, 0.6) is 0 Å². The van der Waals surface area contributed by atoms with Gasteiger partial charge in [0.15, 0.2) is 0 Å². The Morgan fingerprint density at radius 3 is 2.89 bits per heavy atom. The molecule has 1 N–H and O–H groups in total. The van der Waals surface area contributed by atoms with Crippen LogP contribution in [-0.2, 0) is 19.3 Å². The van der Waals surface area contributed by atoms with Gasteiger partial charge in [-0.15, -0.1) is 0 Å². The van der Waals surface area contributed by atoms with Gasteiger partial charge in [0.1, 0.15) is 5.76 Å². The Morgan fingerprint density at radius 1 is 1.17 bits per heavy atom. The first kappa shape index (κ1) is 11.5. The lowest BCUT2D eigenvalue weighted by Crippen LogP contribution is -2.00. The molecule has 0 saturated carbocycles. The summed E-state index contributed by atoms with van der Waals surface area (Å²) in [5.74, 6) is 0.940. The van der Waals surface area contributed by atoms with Gasteiger partial charge < -0.3 is 9.52 Å². The lowest BCUT2D eigenvalue weighted by molar-refractivity contribution is 0.165. The average molecular weight is 242 g/mol. The first-order chi connectivity index (χ1) is 8.83. The first-order valence-electron chi connectivity index (χ1n) is 6.65. The van der Waals surface area contributed by atoms with Gasteiger partial charge in [-0.3, -0.25) is 0 Å². The van der Waals surface area contributed by atoms with Crippen LogP contribution in [0.2, 0.25) is 0 Å². The minimum atomic E-state index is -0.388. The summed E-state index contributed by atoms with van der Waals surface area (Å²) in [6.07, 6.45) is 6.39. The van der Waals surface area contributed by atoms with Crippen LogP contribution in [0.1, 0.15) is 41.4 Å². The van der Waals surface area contributed by atoms with Gasteiger partial charge in [-0.05, 0) is 54.5 Å². The second-order valence-electron chi connectivity index (χ2n) is 5.02. The van der Waals surface area contributed by atoms with Gasteiger partial charge >= 0.3 is 0 Å². The molecule has 18 heavy (non-hydrogen) atoms. The van der Waals surface area contributed by atoms with Crippen LogP contribution in [0.15, 0.2) is 41.0 Å². The van der Waals surface area contributed by atoms with Gasteiger partial charge in [0.05, 0.1) is 12.4 Å². The van der Waals surface area contributed by atoms with Crippen molar-refractivity contribution < 1.29 is 9.52 Å². The molecule has 94 valence electrons. The molecule has 0 amide bonds.